The number of piperazine rings is 1. The van der Waals surface area contributed by atoms with Crippen molar-refractivity contribution in [2.24, 2.45) is 5.41 Å². The lowest BCUT2D eigenvalue weighted by atomic mass is 9.37. The molecule has 9 heteroatoms. The van der Waals surface area contributed by atoms with E-state index >= 15 is 0 Å². The summed E-state index contributed by atoms with van der Waals surface area (Å²) in [6.45, 7) is 11.1. The van der Waals surface area contributed by atoms with Gasteiger partial charge in [-0.1, -0.05) is 13.3 Å². The van der Waals surface area contributed by atoms with E-state index in [0.717, 1.165) is 32.1 Å². The highest BCUT2D eigenvalue weighted by Gasteiger charge is 2.75. The molecule has 0 spiro atoms. The Morgan fingerprint density at radius 2 is 1.97 bits per heavy atom. The van der Waals surface area contributed by atoms with Crippen LogP contribution in [0.5, 0.6) is 0 Å². The lowest BCUT2D eigenvalue weighted by molar-refractivity contribution is -0.231. The largest absolute Gasteiger partial charge is 0.449 e. The molecular formula is C21H34N4O4Si. The Kier molecular flexibility index (Phi) is 5.30. The predicted molar refractivity (Wildman–Crippen MR) is 113 cm³/mol. The molecule has 30 heavy (non-hydrogen) atoms. The van der Waals surface area contributed by atoms with E-state index in [0.29, 0.717) is 32.8 Å². The Balaban J connectivity index is 1.34. The molecule has 3 amide bonds. The third kappa shape index (κ3) is 3.48. The van der Waals surface area contributed by atoms with Crippen LogP contribution in [0.2, 0.25) is 19.6 Å². The van der Waals surface area contributed by atoms with Crippen molar-refractivity contribution in [3.63, 3.8) is 0 Å². The second-order valence-electron chi connectivity index (χ2n) is 10.5. The standard InChI is InChI=1S/C21H34N4O4Si/c1-5-6-9-28-19(27)23-7-8-24-16(11-23)12-25(18(24)26)21-13-20(14-21,15-21)17(10-22)29-30(2,3)4/h16-17H,5-9,11-15H2,1-4H3/t16-,17?,20?,21?/m0/s1. The molecule has 1 unspecified atom stereocenters. The summed E-state index contributed by atoms with van der Waals surface area (Å²) in [6, 6.07) is 2.51. The van der Waals surface area contributed by atoms with Crippen LogP contribution in [-0.4, -0.2) is 85.6 Å². The SMILES string of the molecule is CCCCOC(=O)N1CCN2C(=O)N(C34CC(C(C#N)O[Si](C)(C)C)(C3)C4)C[C@@H]2C1. The van der Waals surface area contributed by atoms with Crippen molar-refractivity contribution in [3.05, 3.63) is 0 Å². The van der Waals surface area contributed by atoms with E-state index in [-0.39, 0.29) is 35.2 Å². The van der Waals surface area contributed by atoms with Crippen molar-refractivity contribution in [1.82, 2.24) is 14.7 Å². The van der Waals surface area contributed by atoms with Crippen molar-refractivity contribution >= 4 is 20.4 Å². The number of amides is 3. The molecule has 2 saturated heterocycles. The van der Waals surface area contributed by atoms with Crippen LogP contribution in [0.4, 0.5) is 9.59 Å². The molecule has 2 atom stereocenters. The second-order valence-corrected chi connectivity index (χ2v) is 15.0. The van der Waals surface area contributed by atoms with Crippen LogP contribution in [-0.2, 0) is 9.16 Å². The first-order chi connectivity index (χ1) is 14.1. The quantitative estimate of drug-likeness (QED) is 0.454. The highest BCUT2D eigenvalue weighted by molar-refractivity contribution is 6.69. The lowest BCUT2D eigenvalue weighted by Gasteiger charge is -2.74. The Bertz CT molecular complexity index is 741. The maximum absolute atomic E-state index is 13.1. The monoisotopic (exact) mass is 434 g/mol. The van der Waals surface area contributed by atoms with Crippen LogP contribution in [0.25, 0.3) is 0 Å². The fraction of sp³-hybridized carbons (Fsp3) is 0.857. The number of fused-ring (bicyclic) bond motifs is 1. The average molecular weight is 435 g/mol. The molecule has 2 bridgehead atoms. The van der Waals surface area contributed by atoms with E-state index in [1.807, 2.05) is 9.80 Å². The highest BCUT2D eigenvalue weighted by Crippen LogP contribution is 2.72. The summed E-state index contributed by atoms with van der Waals surface area (Å²) in [5.74, 6) is 0. The molecule has 2 aliphatic heterocycles. The zero-order valence-electron chi connectivity index (χ0n) is 18.6. The summed E-state index contributed by atoms with van der Waals surface area (Å²) in [6.07, 6.45) is 3.81. The first-order valence-electron chi connectivity index (χ1n) is 11.2. The van der Waals surface area contributed by atoms with E-state index in [9.17, 15) is 14.9 Å². The molecule has 3 saturated carbocycles. The first-order valence-corrected chi connectivity index (χ1v) is 14.6. The van der Waals surface area contributed by atoms with Gasteiger partial charge in [0.1, 0.15) is 6.10 Å². The Morgan fingerprint density at radius 1 is 1.27 bits per heavy atom. The van der Waals surface area contributed by atoms with Crippen molar-refractivity contribution in [2.45, 2.75) is 76.4 Å². The number of hydrogen-bond donors (Lipinski definition) is 0. The maximum Gasteiger partial charge on any atom is 0.409 e. The lowest BCUT2D eigenvalue weighted by Crippen LogP contribution is -2.78. The third-order valence-corrected chi connectivity index (χ3v) is 8.04. The molecule has 8 nitrogen and oxygen atoms in total. The number of unbranched alkanes of at least 4 members (excludes halogenated alkanes) is 1. The van der Waals surface area contributed by atoms with Gasteiger partial charge in [-0.15, -0.1) is 0 Å². The summed E-state index contributed by atoms with van der Waals surface area (Å²) in [5.41, 5.74) is -0.188. The number of nitrogens with zero attached hydrogens (tertiary/aromatic N) is 4. The van der Waals surface area contributed by atoms with E-state index in [2.05, 4.69) is 32.6 Å². The Morgan fingerprint density at radius 3 is 2.57 bits per heavy atom. The Labute approximate surface area is 180 Å². The van der Waals surface area contributed by atoms with Gasteiger partial charge in [-0.3, -0.25) is 0 Å². The third-order valence-electron chi connectivity index (χ3n) is 7.10. The molecule has 0 aromatic carbocycles. The zero-order valence-corrected chi connectivity index (χ0v) is 19.6. The topological polar surface area (TPSA) is 86.1 Å². The highest BCUT2D eigenvalue weighted by atomic mass is 28.4. The fourth-order valence-electron chi connectivity index (χ4n) is 5.68. The number of carbonyl (C=O) groups excluding carboxylic acids is 2. The van der Waals surface area contributed by atoms with Gasteiger partial charge in [0.2, 0.25) is 0 Å². The van der Waals surface area contributed by atoms with Gasteiger partial charge in [-0.2, -0.15) is 5.26 Å². The molecule has 0 aromatic heterocycles. The number of nitriles is 1. The van der Waals surface area contributed by atoms with Gasteiger partial charge in [-0.05, 0) is 45.3 Å². The van der Waals surface area contributed by atoms with E-state index in [1.54, 1.807) is 4.90 Å². The van der Waals surface area contributed by atoms with Crippen molar-refractivity contribution in [2.75, 3.05) is 32.8 Å². The van der Waals surface area contributed by atoms with E-state index in [1.165, 1.54) is 0 Å². The summed E-state index contributed by atoms with van der Waals surface area (Å²) in [4.78, 5) is 31.1. The van der Waals surface area contributed by atoms with Crippen molar-refractivity contribution in [1.29, 1.82) is 5.26 Å². The minimum absolute atomic E-state index is 0.0277. The van der Waals surface area contributed by atoms with Crippen molar-refractivity contribution in [3.8, 4) is 6.07 Å². The molecule has 0 aromatic rings. The molecule has 0 radical (unpaired) electrons. The van der Waals surface area contributed by atoms with Crippen LogP contribution in [0.15, 0.2) is 0 Å². The average Bonchev–Trinajstić information content (AvgIpc) is 2.94. The summed E-state index contributed by atoms with van der Waals surface area (Å²) >= 11 is 0. The second kappa shape index (κ2) is 7.41. The number of hydrogen-bond acceptors (Lipinski definition) is 5. The van der Waals surface area contributed by atoms with Gasteiger partial charge in [0.15, 0.2) is 8.32 Å². The first kappa shape index (κ1) is 21.4. The molecule has 0 N–H and O–H groups in total. The van der Waals surface area contributed by atoms with Crippen LogP contribution in [0, 0.1) is 16.7 Å². The number of rotatable bonds is 7. The molecular weight excluding hydrogens is 400 g/mol. The van der Waals surface area contributed by atoms with Gasteiger partial charge < -0.3 is 23.9 Å². The summed E-state index contributed by atoms with van der Waals surface area (Å²) in [7, 11) is -1.79. The van der Waals surface area contributed by atoms with Gasteiger partial charge in [0.25, 0.3) is 0 Å². The van der Waals surface area contributed by atoms with Gasteiger partial charge >= 0.3 is 12.1 Å². The molecule has 5 fully saturated rings. The van der Waals surface area contributed by atoms with E-state index in [4.69, 9.17) is 9.16 Å². The van der Waals surface area contributed by atoms with Gasteiger partial charge in [0.05, 0.1) is 18.7 Å². The van der Waals surface area contributed by atoms with Crippen molar-refractivity contribution < 1.29 is 18.8 Å². The van der Waals surface area contributed by atoms with Gasteiger partial charge in [-0.25, -0.2) is 9.59 Å². The van der Waals surface area contributed by atoms with Crippen LogP contribution >= 0.6 is 0 Å². The molecule has 166 valence electrons. The van der Waals surface area contributed by atoms with Crippen LogP contribution < -0.4 is 0 Å². The summed E-state index contributed by atoms with van der Waals surface area (Å²) < 4.78 is 11.5. The van der Waals surface area contributed by atoms with E-state index < -0.39 is 8.32 Å². The smallest absolute Gasteiger partial charge is 0.409 e. The van der Waals surface area contributed by atoms with Crippen LogP contribution in [0.1, 0.15) is 39.0 Å². The maximum atomic E-state index is 13.1. The summed E-state index contributed by atoms with van der Waals surface area (Å²) in [5, 5.41) is 9.65. The predicted octanol–water partition coefficient (Wildman–Crippen LogP) is 3.01. The molecule has 3 aliphatic carbocycles. The number of carbonyl (C=O) groups is 2. The normalized spacial score (nSPS) is 33.4. The fourth-order valence-corrected chi connectivity index (χ4v) is 6.69. The number of urea groups is 1. The molecule has 5 rings (SSSR count). The minimum Gasteiger partial charge on any atom is -0.449 e. The number of ether oxygens (including phenoxy) is 1. The molecule has 2 heterocycles. The minimum atomic E-state index is -1.79. The zero-order chi connectivity index (χ0) is 21.7. The van der Waals surface area contributed by atoms with Gasteiger partial charge in [0, 0.05) is 37.1 Å². The molecule has 5 aliphatic rings. The van der Waals surface area contributed by atoms with Crippen LogP contribution in [0.3, 0.4) is 0 Å². The Hall–Kier alpha value is -1.79.